The monoisotopic (exact) mass is 547 g/mol. The standard InChI is InChI=1S/C42H29N/c1-3-9-30(10-4-1)31-15-17-32(18-16-31)33-23-25-38(26-24-33)43(37-12-5-2-6-13-37)39-27-28-41-36(29-39)22-21-35-20-19-34-11-7-8-14-40(34)42(35)41/h1-29H. The van der Waals surface area contributed by atoms with E-state index >= 15 is 0 Å². The van der Waals surface area contributed by atoms with Crippen LogP contribution in [0.2, 0.25) is 0 Å². The van der Waals surface area contributed by atoms with Crippen LogP contribution in [0.5, 0.6) is 0 Å². The summed E-state index contributed by atoms with van der Waals surface area (Å²) in [7, 11) is 0. The second-order valence-corrected chi connectivity index (χ2v) is 11.0. The highest BCUT2D eigenvalue weighted by atomic mass is 15.1. The topological polar surface area (TPSA) is 3.24 Å². The molecule has 1 nitrogen and oxygen atoms in total. The SMILES string of the molecule is c1ccc(-c2ccc(-c3ccc(N(c4ccccc4)c4ccc5c(ccc6ccc7ccccc7c65)c4)cc3)cc2)cc1. The van der Waals surface area contributed by atoms with Crippen LogP contribution in [0.15, 0.2) is 176 Å². The van der Waals surface area contributed by atoms with Gasteiger partial charge in [0, 0.05) is 17.1 Å². The van der Waals surface area contributed by atoms with Crippen molar-refractivity contribution in [2.24, 2.45) is 0 Å². The van der Waals surface area contributed by atoms with Gasteiger partial charge < -0.3 is 4.90 Å². The zero-order valence-corrected chi connectivity index (χ0v) is 23.7. The maximum atomic E-state index is 2.34. The number of hydrogen-bond acceptors (Lipinski definition) is 1. The zero-order valence-electron chi connectivity index (χ0n) is 23.7. The van der Waals surface area contributed by atoms with Crippen LogP contribution < -0.4 is 4.90 Å². The number of benzene rings is 8. The lowest BCUT2D eigenvalue weighted by Gasteiger charge is -2.26. The molecule has 202 valence electrons. The van der Waals surface area contributed by atoms with Gasteiger partial charge in [-0.3, -0.25) is 0 Å². The minimum Gasteiger partial charge on any atom is -0.310 e. The highest BCUT2D eigenvalue weighted by Crippen LogP contribution is 2.39. The van der Waals surface area contributed by atoms with Gasteiger partial charge in [0.05, 0.1) is 0 Å². The zero-order chi connectivity index (χ0) is 28.6. The fourth-order valence-corrected chi connectivity index (χ4v) is 6.28. The molecule has 0 heterocycles. The molecule has 0 amide bonds. The van der Waals surface area contributed by atoms with Crippen molar-refractivity contribution in [2.75, 3.05) is 4.90 Å². The molecule has 8 rings (SSSR count). The van der Waals surface area contributed by atoms with Crippen molar-refractivity contribution < 1.29 is 0 Å². The Balaban J connectivity index is 1.19. The van der Waals surface area contributed by atoms with Gasteiger partial charge >= 0.3 is 0 Å². The molecule has 0 N–H and O–H groups in total. The van der Waals surface area contributed by atoms with E-state index in [1.807, 2.05) is 0 Å². The third-order valence-electron chi connectivity index (χ3n) is 8.43. The summed E-state index contributed by atoms with van der Waals surface area (Å²) in [4.78, 5) is 2.34. The average molecular weight is 548 g/mol. The molecule has 0 atom stereocenters. The van der Waals surface area contributed by atoms with E-state index in [-0.39, 0.29) is 0 Å². The van der Waals surface area contributed by atoms with E-state index in [9.17, 15) is 0 Å². The molecule has 1 heteroatoms. The largest absolute Gasteiger partial charge is 0.310 e. The van der Waals surface area contributed by atoms with Crippen molar-refractivity contribution in [1.29, 1.82) is 0 Å². The van der Waals surface area contributed by atoms with Crippen LogP contribution in [-0.4, -0.2) is 0 Å². The lowest BCUT2D eigenvalue weighted by atomic mass is 9.96. The number of para-hydroxylation sites is 1. The first kappa shape index (κ1) is 25.1. The van der Waals surface area contributed by atoms with Crippen molar-refractivity contribution in [3.8, 4) is 22.3 Å². The Kier molecular flexibility index (Phi) is 6.20. The smallest absolute Gasteiger partial charge is 0.0468 e. The molecule has 0 bridgehead atoms. The quantitative estimate of drug-likeness (QED) is 0.194. The lowest BCUT2D eigenvalue weighted by Crippen LogP contribution is -2.09. The summed E-state index contributed by atoms with van der Waals surface area (Å²) >= 11 is 0. The Morgan fingerprint density at radius 2 is 0.744 bits per heavy atom. The fourth-order valence-electron chi connectivity index (χ4n) is 6.28. The van der Waals surface area contributed by atoms with Gasteiger partial charge in [-0.15, -0.1) is 0 Å². The van der Waals surface area contributed by atoms with E-state index in [2.05, 4.69) is 181 Å². The Morgan fingerprint density at radius 3 is 1.44 bits per heavy atom. The maximum absolute atomic E-state index is 2.34. The van der Waals surface area contributed by atoms with Gasteiger partial charge in [0.25, 0.3) is 0 Å². The second kappa shape index (κ2) is 10.6. The van der Waals surface area contributed by atoms with E-state index in [0.29, 0.717) is 0 Å². The van der Waals surface area contributed by atoms with Crippen LogP contribution >= 0.6 is 0 Å². The van der Waals surface area contributed by atoms with Crippen molar-refractivity contribution in [3.63, 3.8) is 0 Å². The van der Waals surface area contributed by atoms with Gasteiger partial charge in [-0.05, 0) is 91.0 Å². The normalized spacial score (nSPS) is 11.3. The van der Waals surface area contributed by atoms with Crippen LogP contribution in [0.1, 0.15) is 0 Å². The molecule has 8 aromatic rings. The molecule has 0 radical (unpaired) electrons. The molecule has 0 aromatic heterocycles. The molecule has 0 saturated carbocycles. The number of hydrogen-bond donors (Lipinski definition) is 0. The van der Waals surface area contributed by atoms with E-state index in [4.69, 9.17) is 0 Å². The van der Waals surface area contributed by atoms with Crippen LogP contribution in [0.4, 0.5) is 17.1 Å². The van der Waals surface area contributed by atoms with Gasteiger partial charge in [0.15, 0.2) is 0 Å². The van der Waals surface area contributed by atoms with Crippen LogP contribution in [-0.2, 0) is 0 Å². The highest BCUT2D eigenvalue weighted by Gasteiger charge is 2.14. The average Bonchev–Trinajstić information content (AvgIpc) is 3.09. The van der Waals surface area contributed by atoms with Crippen LogP contribution in [0, 0.1) is 0 Å². The number of nitrogens with zero attached hydrogens (tertiary/aromatic N) is 1. The molecule has 0 aliphatic heterocycles. The van der Waals surface area contributed by atoms with E-state index in [1.165, 1.54) is 54.6 Å². The third-order valence-corrected chi connectivity index (χ3v) is 8.43. The van der Waals surface area contributed by atoms with Crippen LogP contribution in [0.25, 0.3) is 54.6 Å². The summed E-state index contributed by atoms with van der Waals surface area (Å²) in [6, 6.07) is 63.4. The van der Waals surface area contributed by atoms with E-state index < -0.39 is 0 Å². The van der Waals surface area contributed by atoms with Crippen molar-refractivity contribution >= 4 is 49.4 Å². The molecule has 8 aromatic carbocycles. The Morgan fingerprint density at radius 1 is 0.279 bits per heavy atom. The summed E-state index contributed by atoms with van der Waals surface area (Å²) in [5.41, 5.74) is 8.27. The van der Waals surface area contributed by atoms with Gasteiger partial charge in [0.1, 0.15) is 0 Å². The number of fused-ring (bicyclic) bond motifs is 5. The first-order valence-corrected chi connectivity index (χ1v) is 14.8. The lowest BCUT2D eigenvalue weighted by molar-refractivity contribution is 1.29. The number of rotatable bonds is 5. The first-order chi connectivity index (χ1) is 21.3. The summed E-state index contributed by atoms with van der Waals surface area (Å²) < 4.78 is 0. The molecule has 0 spiro atoms. The molecule has 0 aliphatic carbocycles. The summed E-state index contributed by atoms with van der Waals surface area (Å²) in [5, 5.41) is 7.66. The molecule has 0 fully saturated rings. The first-order valence-electron chi connectivity index (χ1n) is 14.8. The molecule has 0 aliphatic rings. The van der Waals surface area contributed by atoms with Gasteiger partial charge in [-0.25, -0.2) is 0 Å². The summed E-state index contributed by atoms with van der Waals surface area (Å²) in [6.07, 6.45) is 0. The molecular weight excluding hydrogens is 518 g/mol. The summed E-state index contributed by atoms with van der Waals surface area (Å²) in [5.74, 6) is 0. The van der Waals surface area contributed by atoms with Gasteiger partial charge in [-0.2, -0.15) is 0 Å². The predicted molar refractivity (Wildman–Crippen MR) is 185 cm³/mol. The maximum Gasteiger partial charge on any atom is 0.0468 e. The Labute approximate surface area is 251 Å². The molecular formula is C42H29N. The Hall–Kier alpha value is -5.66. The van der Waals surface area contributed by atoms with Gasteiger partial charge in [-0.1, -0.05) is 140 Å². The van der Waals surface area contributed by atoms with Crippen molar-refractivity contribution in [3.05, 3.63) is 176 Å². The van der Waals surface area contributed by atoms with Crippen molar-refractivity contribution in [2.45, 2.75) is 0 Å². The third kappa shape index (κ3) is 4.62. The Bertz CT molecular complexity index is 2200. The van der Waals surface area contributed by atoms with E-state index in [0.717, 1.165) is 17.1 Å². The van der Waals surface area contributed by atoms with E-state index in [1.54, 1.807) is 0 Å². The highest BCUT2D eigenvalue weighted by molar-refractivity contribution is 6.20. The number of anilines is 3. The predicted octanol–water partition coefficient (Wildman–Crippen LogP) is 11.9. The molecule has 0 unspecified atom stereocenters. The van der Waals surface area contributed by atoms with Crippen molar-refractivity contribution in [1.82, 2.24) is 0 Å². The molecule has 43 heavy (non-hydrogen) atoms. The van der Waals surface area contributed by atoms with Gasteiger partial charge in [0.2, 0.25) is 0 Å². The minimum atomic E-state index is 1.13. The minimum absolute atomic E-state index is 1.13. The molecule has 0 saturated heterocycles. The second-order valence-electron chi connectivity index (χ2n) is 11.0. The van der Waals surface area contributed by atoms with Crippen LogP contribution in [0.3, 0.4) is 0 Å². The summed E-state index contributed by atoms with van der Waals surface area (Å²) in [6.45, 7) is 0. The fraction of sp³-hybridized carbons (Fsp3) is 0.